The quantitative estimate of drug-likeness (QED) is 0.243. The number of rotatable bonds is 4. The van der Waals surface area contributed by atoms with Crippen LogP contribution in [0.1, 0.15) is 0 Å². The zero-order valence-electron chi connectivity index (χ0n) is 12.1. The van der Waals surface area contributed by atoms with Crippen molar-refractivity contribution < 1.29 is 50.0 Å². The molecule has 0 bridgehead atoms. The van der Waals surface area contributed by atoms with E-state index in [0.29, 0.717) is 0 Å². The maximum Gasteiger partial charge on any atom is 0.187 e. The Labute approximate surface area is 131 Å². The molecule has 11 heteroatoms. The summed E-state index contributed by atoms with van der Waals surface area (Å²) in [6, 6.07) is 0. The van der Waals surface area contributed by atoms with Crippen molar-refractivity contribution in [3.8, 4) is 0 Å². The van der Waals surface area contributed by atoms with Crippen LogP contribution in [0.2, 0.25) is 0 Å². The fourth-order valence-electron chi connectivity index (χ4n) is 2.61. The summed E-state index contributed by atoms with van der Waals surface area (Å²) in [5, 5.41) is 67.5. The second kappa shape index (κ2) is 7.63. The van der Waals surface area contributed by atoms with Gasteiger partial charge in [-0.1, -0.05) is 0 Å². The van der Waals surface area contributed by atoms with E-state index < -0.39 is 68.0 Å². The molecule has 0 aliphatic carbocycles. The number of hydrogen-bond acceptors (Lipinski definition) is 11. The Morgan fingerprint density at radius 3 is 2.00 bits per heavy atom. The van der Waals surface area contributed by atoms with Crippen molar-refractivity contribution in [3.63, 3.8) is 0 Å². The van der Waals surface area contributed by atoms with Crippen molar-refractivity contribution >= 4 is 0 Å². The molecule has 0 radical (unpaired) electrons. The third-order valence-corrected chi connectivity index (χ3v) is 4.03. The highest BCUT2D eigenvalue weighted by Crippen LogP contribution is 2.28. The first-order valence-corrected chi connectivity index (χ1v) is 7.17. The lowest BCUT2D eigenvalue weighted by Crippen LogP contribution is -2.64. The molecule has 0 aromatic carbocycles. The summed E-state index contributed by atoms with van der Waals surface area (Å²) in [7, 11) is 0. The molecule has 10 atom stereocenters. The van der Waals surface area contributed by atoms with Crippen molar-refractivity contribution in [2.75, 3.05) is 13.2 Å². The number of hydrogen-bond donors (Lipinski definition) is 8. The van der Waals surface area contributed by atoms with Gasteiger partial charge in [-0.2, -0.15) is 0 Å². The lowest BCUT2D eigenvalue weighted by molar-refractivity contribution is -0.352. The van der Waals surface area contributed by atoms with E-state index in [1.165, 1.54) is 0 Å². The Balaban J connectivity index is 2.11. The number of ether oxygens (including phenoxy) is 3. The molecule has 2 aliphatic rings. The van der Waals surface area contributed by atoms with Gasteiger partial charge in [0.05, 0.1) is 6.61 Å². The molecule has 2 rings (SSSR count). The molecule has 1 unspecified atom stereocenters. The second-order valence-electron chi connectivity index (χ2n) is 5.58. The maximum absolute atomic E-state index is 10.00. The zero-order valence-corrected chi connectivity index (χ0v) is 12.1. The highest BCUT2D eigenvalue weighted by Gasteiger charge is 2.49. The molecule has 11 nitrogen and oxygen atoms in total. The summed E-state index contributed by atoms with van der Waals surface area (Å²) < 4.78 is 15.5. The second-order valence-corrected chi connectivity index (χ2v) is 5.58. The van der Waals surface area contributed by atoms with Crippen LogP contribution in [0.3, 0.4) is 0 Å². The fourth-order valence-corrected chi connectivity index (χ4v) is 2.61. The predicted molar refractivity (Wildman–Crippen MR) is 70.6 cm³/mol. The zero-order chi connectivity index (χ0) is 17.3. The van der Waals surface area contributed by atoms with Gasteiger partial charge >= 0.3 is 0 Å². The minimum atomic E-state index is -1.68. The molecule has 0 amide bonds. The predicted octanol–water partition coefficient (Wildman–Crippen LogP) is -5.43. The van der Waals surface area contributed by atoms with E-state index in [1.54, 1.807) is 0 Å². The van der Waals surface area contributed by atoms with Crippen molar-refractivity contribution in [2.24, 2.45) is 5.73 Å². The van der Waals surface area contributed by atoms with Crippen molar-refractivity contribution in [1.82, 2.24) is 0 Å². The van der Waals surface area contributed by atoms with E-state index in [9.17, 15) is 30.6 Å². The van der Waals surface area contributed by atoms with Gasteiger partial charge in [0.15, 0.2) is 12.6 Å². The highest BCUT2D eigenvalue weighted by molar-refractivity contribution is 4.94. The van der Waals surface area contributed by atoms with Crippen LogP contribution in [-0.2, 0) is 14.2 Å². The van der Waals surface area contributed by atoms with Gasteiger partial charge in [0.1, 0.15) is 48.8 Å². The molecule has 9 N–H and O–H groups in total. The van der Waals surface area contributed by atoms with Crippen LogP contribution in [-0.4, -0.2) is 110 Å². The van der Waals surface area contributed by atoms with E-state index in [0.717, 1.165) is 0 Å². The molecule has 2 heterocycles. The average molecular weight is 341 g/mol. The normalized spacial score (nSPS) is 51.7. The van der Waals surface area contributed by atoms with E-state index in [2.05, 4.69) is 0 Å². The summed E-state index contributed by atoms with van der Waals surface area (Å²) in [6.45, 7) is -0.820. The first-order chi connectivity index (χ1) is 10.8. The van der Waals surface area contributed by atoms with Crippen LogP contribution in [0.5, 0.6) is 0 Å². The summed E-state index contributed by atoms with van der Waals surface area (Å²) in [4.78, 5) is 0. The molecule has 136 valence electrons. The Hall–Kier alpha value is -0.440. The molecular weight excluding hydrogens is 318 g/mol. The minimum Gasteiger partial charge on any atom is -0.394 e. The largest absolute Gasteiger partial charge is 0.394 e. The van der Waals surface area contributed by atoms with Gasteiger partial charge in [-0.05, 0) is 0 Å². The molecule has 0 spiro atoms. The van der Waals surface area contributed by atoms with E-state index in [1.807, 2.05) is 0 Å². The maximum atomic E-state index is 10.00. The SMILES string of the molecule is NC[C@H]1OC(O)[C@H](O)[C@@H](O)[C@@H]1O[C@H]1O[C@H](CO)[C@@H](O)[C@H](O)[C@H]1O. The van der Waals surface area contributed by atoms with Gasteiger partial charge < -0.3 is 55.7 Å². The van der Waals surface area contributed by atoms with Crippen molar-refractivity contribution in [2.45, 2.75) is 61.4 Å². The Kier molecular flexibility index (Phi) is 6.27. The molecule has 0 aromatic rings. The van der Waals surface area contributed by atoms with Crippen molar-refractivity contribution in [3.05, 3.63) is 0 Å². The van der Waals surface area contributed by atoms with Crippen LogP contribution < -0.4 is 5.73 Å². The third kappa shape index (κ3) is 3.65. The lowest BCUT2D eigenvalue weighted by atomic mass is 9.97. The molecule has 2 aliphatic heterocycles. The van der Waals surface area contributed by atoms with E-state index >= 15 is 0 Å². The number of aliphatic hydroxyl groups excluding tert-OH is 7. The van der Waals surface area contributed by atoms with Gasteiger partial charge in [-0.3, -0.25) is 0 Å². The van der Waals surface area contributed by atoms with Gasteiger partial charge in [0.2, 0.25) is 0 Å². The summed E-state index contributed by atoms with van der Waals surface area (Å²) in [6.07, 6.45) is -14.8. The minimum absolute atomic E-state index is 0.178. The standard InChI is InChI=1S/C12H23NO10/c13-1-3-10(7(17)8(18)11(20)21-3)23-12-9(19)6(16)5(15)4(2-14)22-12/h3-12,14-20H,1-2,13H2/t3-,4-,5-,6+,7-,8-,9-,10-,11?,12-/m1/s1. The molecular formula is C12H23NO10. The Bertz CT molecular complexity index is 383. The fraction of sp³-hybridized carbons (Fsp3) is 1.00. The molecule has 23 heavy (non-hydrogen) atoms. The topological polar surface area (TPSA) is 195 Å². The molecule has 2 fully saturated rings. The molecule has 2 saturated heterocycles. The van der Waals surface area contributed by atoms with E-state index in [4.69, 9.17) is 25.1 Å². The van der Waals surface area contributed by atoms with Gasteiger partial charge in [0, 0.05) is 6.54 Å². The van der Waals surface area contributed by atoms with Crippen LogP contribution in [0.15, 0.2) is 0 Å². The van der Waals surface area contributed by atoms with Crippen molar-refractivity contribution in [1.29, 1.82) is 0 Å². The Morgan fingerprint density at radius 2 is 1.43 bits per heavy atom. The number of nitrogens with two attached hydrogens (primary N) is 1. The molecule has 0 aromatic heterocycles. The number of aliphatic hydroxyl groups is 7. The smallest absolute Gasteiger partial charge is 0.187 e. The first-order valence-electron chi connectivity index (χ1n) is 7.17. The van der Waals surface area contributed by atoms with E-state index in [-0.39, 0.29) is 6.54 Å². The van der Waals surface area contributed by atoms with Gasteiger partial charge in [0.25, 0.3) is 0 Å². The first kappa shape index (κ1) is 18.9. The third-order valence-electron chi connectivity index (χ3n) is 4.03. The van der Waals surface area contributed by atoms with Crippen LogP contribution in [0.25, 0.3) is 0 Å². The lowest BCUT2D eigenvalue weighted by Gasteiger charge is -2.45. The van der Waals surface area contributed by atoms with Crippen LogP contribution in [0, 0.1) is 0 Å². The van der Waals surface area contributed by atoms with Gasteiger partial charge in [-0.15, -0.1) is 0 Å². The summed E-state index contributed by atoms with van der Waals surface area (Å²) >= 11 is 0. The van der Waals surface area contributed by atoms with Crippen LogP contribution in [0.4, 0.5) is 0 Å². The van der Waals surface area contributed by atoms with Crippen LogP contribution >= 0.6 is 0 Å². The monoisotopic (exact) mass is 341 g/mol. The molecule has 0 saturated carbocycles. The summed E-state index contributed by atoms with van der Waals surface area (Å²) in [5.41, 5.74) is 5.46. The Morgan fingerprint density at radius 1 is 0.783 bits per heavy atom. The highest BCUT2D eigenvalue weighted by atomic mass is 16.7. The average Bonchev–Trinajstić information content (AvgIpc) is 2.55. The van der Waals surface area contributed by atoms with Gasteiger partial charge in [-0.25, -0.2) is 0 Å². The summed E-state index contributed by atoms with van der Waals surface area (Å²) in [5.74, 6) is 0.